The monoisotopic (exact) mass is 436 g/mol. The lowest BCUT2D eigenvalue weighted by molar-refractivity contribution is -0.118. The van der Waals surface area contributed by atoms with Gasteiger partial charge in [-0.25, -0.2) is 0 Å². The van der Waals surface area contributed by atoms with E-state index in [0.717, 1.165) is 14.9 Å². The highest BCUT2D eigenvalue weighted by Gasteiger charge is 2.14. The van der Waals surface area contributed by atoms with E-state index in [1.165, 1.54) is 11.8 Å². The molecule has 138 valence electrons. The summed E-state index contributed by atoms with van der Waals surface area (Å²) in [4.78, 5) is 25.3. The van der Waals surface area contributed by atoms with Crippen molar-refractivity contribution >= 4 is 45.2 Å². The Morgan fingerprint density at radius 3 is 2.69 bits per heavy atom. The zero-order valence-corrected chi connectivity index (χ0v) is 17.1. The number of aryl methyl sites for hydroxylation is 1. The number of nitrogens with one attached hydrogen (secondary N) is 2. The van der Waals surface area contributed by atoms with Crippen LogP contribution in [0.4, 0.5) is 5.69 Å². The fourth-order valence-corrected chi connectivity index (χ4v) is 3.65. The lowest BCUT2D eigenvalue weighted by Crippen LogP contribution is -2.28. The molecule has 0 radical (unpaired) electrons. The summed E-state index contributed by atoms with van der Waals surface area (Å²) < 4.78 is 5.73. The number of hydrogen-bond donors (Lipinski definition) is 2. The minimum atomic E-state index is -0.211. The molecule has 0 aliphatic rings. The number of thioether (sulfide) groups is 1. The van der Waals surface area contributed by atoms with Gasteiger partial charge in [-0.1, -0.05) is 18.2 Å². The summed E-state index contributed by atoms with van der Waals surface area (Å²) in [6, 6.07) is 13.0. The summed E-state index contributed by atoms with van der Waals surface area (Å²) in [5, 5.41) is 5.67. The van der Waals surface area contributed by atoms with Crippen molar-refractivity contribution in [2.24, 2.45) is 0 Å². The molecule has 0 unspecified atom stereocenters. The molecule has 5 nitrogen and oxygen atoms in total. The van der Waals surface area contributed by atoms with E-state index >= 15 is 0 Å². The summed E-state index contributed by atoms with van der Waals surface area (Å²) in [7, 11) is 1.59. The summed E-state index contributed by atoms with van der Waals surface area (Å²) in [5.41, 5.74) is 2.35. The van der Waals surface area contributed by atoms with E-state index in [2.05, 4.69) is 26.6 Å². The zero-order valence-electron chi connectivity index (χ0n) is 14.7. The molecule has 0 aliphatic carbocycles. The maximum absolute atomic E-state index is 12.7. The van der Waals surface area contributed by atoms with Gasteiger partial charge in [0, 0.05) is 23.0 Å². The first kappa shape index (κ1) is 20.5. The molecule has 2 amide bonds. The summed E-state index contributed by atoms with van der Waals surface area (Å²) in [5.74, 6) is -0.0663. The number of ether oxygens (including phenoxy) is 1. The number of methoxy groups -OCH3 is 1. The molecule has 0 atom stereocenters. The standard InChI is InChI=1S/C19H21BrN2O3S/c1-13-7-8-16(15(20)11-13)22-19(24)14-5-3-4-6-17(14)26-12-18(23)21-9-10-25-2/h3-8,11H,9-10,12H2,1-2H3,(H,21,23)(H,22,24). The van der Waals surface area contributed by atoms with E-state index in [9.17, 15) is 9.59 Å². The van der Waals surface area contributed by atoms with Gasteiger partial charge in [0.25, 0.3) is 5.91 Å². The van der Waals surface area contributed by atoms with Crippen LogP contribution in [0.1, 0.15) is 15.9 Å². The number of amides is 2. The number of rotatable bonds is 8. The van der Waals surface area contributed by atoms with Crippen molar-refractivity contribution in [3.63, 3.8) is 0 Å². The Morgan fingerprint density at radius 1 is 1.19 bits per heavy atom. The van der Waals surface area contributed by atoms with Crippen LogP contribution < -0.4 is 10.6 Å². The van der Waals surface area contributed by atoms with Gasteiger partial charge in [0.15, 0.2) is 0 Å². The highest BCUT2D eigenvalue weighted by atomic mass is 79.9. The lowest BCUT2D eigenvalue weighted by atomic mass is 10.2. The first-order valence-corrected chi connectivity index (χ1v) is 9.84. The zero-order chi connectivity index (χ0) is 18.9. The van der Waals surface area contributed by atoms with Crippen LogP contribution in [0, 0.1) is 6.92 Å². The Bertz CT molecular complexity index is 783. The molecule has 2 aromatic carbocycles. The normalized spacial score (nSPS) is 10.4. The van der Waals surface area contributed by atoms with Crippen molar-refractivity contribution < 1.29 is 14.3 Å². The lowest BCUT2D eigenvalue weighted by Gasteiger charge is -2.11. The molecule has 0 fully saturated rings. The Balaban J connectivity index is 2.03. The molecule has 0 heterocycles. The molecule has 0 saturated carbocycles. The summed E-state index contributed by atoms with van der Waals surface area (Å²) >= 11 is 4.80. The fourth-order valence-electron chi connectivity index (χ4n) is 2.18. The van der Waals surface area contributed by atoms with Crippen molar-refractivity contribution in [2.75, 3.05) is 31.3 Å². The number of halogens is 1. The van der Waals surface area contributed by atoms with Gasteiger partial charge in [-0.05, 0) is 52.7 Å². The predicted molar refractivity (Wildman–Crippen MR) is 109 cm³/mol. The maximum atomic E-state index is 12.7. The number of hydrogen-bond acceptors (Lipinski definition) is 4. The van der Waals surface area contributed by atoms with Crippen molar-refractivity contribution in [1.29, 1.82) is 0 Å². The van der Waals surface area contributed by atoms with Gasteiger partial charge in [-0.3, -0.25) is 9.59 Å². The second-order valence-corrected chi connectivity index (χ2v) is 7.44. The van der Waals surface area contributed by atoms with Crippen LogP contribution in [0.25, 0.3) is 0 Å². The molecule has 2 rings (SSSR count). The Labute approximate surface area is 166 Å². The molecular weight excluding hydrogens is 416 g/mol. The maximum Gasteiger partial charge on any atom is 0.256 e. The molecule has 0 aromatic heterocycles. The van der Waals surface area contributed by atoms with Crippen molar-refractivity contribution in [1.82, 2.24) is 5.32 Å². The van der Waals surface area contributed by atoms with Crippen LogP contribution in [0.5, 0.6) is 0 Å². The second kappa shape index (κ2) is 10.4. The van der Waals surface area contributed by atoms with Gasteiger partial charge in [-0.2, -0.15) is 0 Å². The topological polar surface area (TPSA) is 67.4 Å². The second-order valence-electron chi connectivity index (χ2n) is 5.57. The molecule has 0 aliphatic heterocycles. The van der Waals surface area contributed by atoms with E-state index in [1.807, 2.05) is 43.3 Å². The third-order valence-electron chi connectivity index (χ3n) is 3.49. The van der Waals surface area contributed by atoms with Gasteiger partial charge < -0.3 is 15.4 Å². The third kappa shape index (κ3) is 6.16. The van der Waals surface area contributed by atoms with Crippen molar-refractivity contribution in [3.8, 4) is 0 Å². The van der Waals surface area contributed by atoms with Gasteiger partial charge in [0.1, 0.15) is 0 Å². The Morgan fingerprint density at radius 2 is 1.96 bits per heavy atom. The van der Waals surface area contributed by atoms with E-state index in [-0.39, 0.29) is 17.6 Å². The quantitative estimate of drug-likeness (QED) is 0.486. The molecule has 0 bridgehead atoms. The van der Waals surface area contributed by atoms with Gasteiger partial charge >= 0.3 is 0 Å². The number of anilines is 1. The minimum absolute atomic E-state index is 0.0939. The van der Waals surface area contributed by atoms with E-state index < -0.39 is 0 Å². The largest absolute Gasteiger partial charge is 0.383 e. The first-order chi connectivity index (χ1) is 12.5. The average molecular weight is 437 g/mol. The van der Waals surface area contributed by atoms with Crippen molar-refractivity contribution in [2.45, 2.75) is 11.8 Å². The van der Waals surface area contributed by atoms with E-state index in [4.69, 9.17) is 4.74 Å². The van der Waals surface area contributed by atoms with Crippen LogP contribution >= 0.6 is 27.7 Å². The molecule has 26 heavy (non-hydrogen) atoms. The fraction of sp³-hybridized carbons (Fsp3) is 0.263. The highest BCUT2D eigenvalue weighted by molar-refractivity contribution is 9.10. The van der Waals surface area contributed by atoms with Crippen LogP contribution in [-0.4, -0.2) is 37.8 Å². The number of carbonyl (C=O) groups is 2. The molecule has 2 N–H and O–H groups in total. The van der Waals surface area contributed by atoms with Crippen LogP contribution in [0.2, 0.25) is 0 Å². The molecule has 7 heteroatoms. The van der Waals surface area contributed by atoms with Crippen LogP contribution in [-0.2, 0) is 9.53 Å². The van der Waals surface area contributed by atoms with Gasteiger partial charge in [0.2, 0.25) is 5.91 Å². The molecule has 2 aromatic rings. The van der Waals surface area contributed by atoms with E-state index in [1.54, 1.807) is 13.2 Å². The highest BCUT2D eigenvalue weighted by Crippen LogP contribution is 2.26. The Kier molecular flexibility index (Phi) is 8.15. The molecule has 0 saturated heterocycles. The number of benzene rings is 2. The third-order valence-corrected chi connectivity index (χ3v) is 5.22. The minimum Gasteiger partial charge on any atom is -0.383 e. The van der Waals surface area contributed by atoms with Crippen molar-refractivity contribution in [3.05, 3.63) is 58.1 Å². The first-order valence-electron chi connectivity index (χ1n) is 8.06. The summed E-state index contributed by atoms with van der Waals surface area (Å²) in [6.45, 7) is 2.93. The SMILES string of the molecule is COCCNC(=O)CSc1ccccc1C(=O)Nc1ccc(C)cc1Br. The average Bonchev–Trinajstić information content (AvgIpc) is 2.62. The molecule has 0 spiro atoms. The smallest absolute Gasteiger partial charge is 0.256 e. The van der Waals surface area contributed by atoms with Gasteiger partial charge in [0.05, 0.1) is 23.6 Å². The van der Waals surface area contributed by atoms with Gasteiger partial charge in [-0.15, -0.1) is 11.8 Å². The van der Waals surface area contributed by atoms with Crippen LogP contribution in [0.3, 0.4) is 0 Å². The van der Waals surface area contributed by atoms with Crippen LogP contribution in [0.15, 0.2) is 51.8 Å². The predicted octanol–water partition coefficient (Wildman–Crippen LogP) is 3.86. The summed E-state index contributed by atoms with van der Waals surface area (Å²) in [6.07, 6.45) is 0. The Hall–Kier alpha value is -1.83. The number of carbonyl (C=O) groups excluding carboxylic acids is 2. The van der Waals surface area contributed by atoms with E-state index in [0.29, 0.717) is 24.4 Å². The molecular formula is C19H21BrN2O3S.